The summed E-state index contributed by atoms with van der Waals surface area (Å²) in [6, 6.07) is 6.82. The minimum absolute atomic E-state index is 0.108. The SMILES string of the molecule is Cc1oc(CN(C)C(=O)c2cccc3cn[nH]c23)cc1C(=O)O. The highest BCUT2D eigenvalue weighted by atomic mass is 16.4. The van der Waals surface area contributed by atoms with Crippen LogP contribution in [-0.4, -0.2) is 39.1 Å². The van der Waals surface area contributed by atoms with Crippen LogP contribution in [-0.2, 0) is 6.54 Å². The van der Waals surface area contributed by atoms with Crippen molar-refractivity contribution < 1.29 is 19.1 Å². The number of rotatable bonds is 4. The largest absolute Gasteiger partial charge is 0.478 e. The number of carboxylic acid groups (broad SMARTS) is 1. The molecule has 0 aliphatic heterocycles. The zero-order valence-corrected chi connectivity index (χ0v) is 12.7. The number of carbonyl (C=O) groups is 2. The first-order chi connectivity index (χ1) is 11.0. The fraction of sp³-hybridized carbons (Fsp3) is 0.188. The van der Waals surface area contributed by atoms with Gasteiger partial charge in [-0.2, -0.15) is 5.10 Å². The number of H-pyrrole nitrogens is 1. The van der Waals surface area contributed by atoms with Gasteiger partial charge in [-0.25, -0.2) is 4.79 Å². The van der Waals surface area contributed by atoms with Crippen molar-refractivity contribution in [1.29, 1.82) is 0 Å². The molecule has 3 aromatic rings. The van der Waals surface area contributed by atoms with Crippen molar-refractivity contribution in [2.45, 2.75) is 13.5 Å². The monoisotopic (exact) mass is 313 g/mol. The van der Waals surface area contributed by atoms with E-state index in [-0.39, 0.29) is 18.0 Å². The van der Waals surface area contributed by atoms with Gasteiger partial charge >= 0.3 is 5.97 Å². The molecule has 0 spiro atoms. The Balaban J connectivity index is 1.84. The van der Waals surface area contributed by atoms with Crippen molar-refractivity contribution in [3.63, 3.8) is 0 Å². The van der Waals surface area contributed by atoms with E-state index in [0.717, 1.165) is 5.39 Å². The zero-order valence-electron chi connectivity index (χ0n) is 12.7. The number of aromatic carboxylic acids is 1. The molecule has 1 aromatic carbocycles. The Labute approximate surface area is 131 Å². The van der Waals surface area contributed by atoms with Gasteiger partial charge in [-0.1, -0.05) is 12.1 Å². The molecule has 0 bridgehead atoms. The van der Waals surface area contributed by atoms with E-state index in [4.69, 9.17) is 9.52 Å². The molecule has 1 amide bonds. The lowest BCUT2D eigenvalue weighted by molar-refractivity contribution is 0.0694. The summed E-state index contributed by atoms with van der Waals surface area (Å²) in [4.78, 5) is 25.1. The Bertz CT molecular complexity index is 894. The molecule has 0 unspecified atom stereocenters. The highest BCUT2D eigenvalue weighted by molar-refractivity contribution is 6.05. The number of hydrogen-bond acceptors (Lipinski definition) is 4. The first-order valence-corrected chi connectivity index (χ1v) is 6.97. The van der Waals surface area contributed by atoms with E-state index in [0.29, 0.717) is 22.6 Å². The second-order valence-corrected chi connectivity index (χ2v) is 5.29. The molecule has 7 heteroatoms. The second kappa shape index (κ2) is 5.60. The maximum absolute atomic E-state index is 12.6. The number of aromatic nitrogens is 2. The smallest absolute Gasteiger partial charge is 0.339 e. The topological polar surface area (TPSA) is 99.4 Å². The molecule has 7 nitrogen and oxygen atoms in total. The van der Waals surface area contributed by atoms with Crippen molar-refractivity contribution in [2.24, 2.45) is 0 Å². The molecule has 23 heavy (non-hydrogen) atoms. The van der Waals surface area contributed by atoms with Crippen LogP contribution in [0.2, 0.25) is 0 Å². The van der Waals surface area contributed by atoms with E-state index in [2.05, 4.69) is 10.2 Å². The number of furan rings is 1. The number of nitrogens with one attached hydrogen (secondary N) is 1. The molecule has 2 heterocycles. The van der Waals surface area contributed by atoms with E-state index >= 15 is 0 Å². The Hall–Kier alpha value is -3.09. The molecule has 2 aromatic heterocycles. The number of carboxylic acids is 1. The Morgan fingerprint density at radius 1 is 1.35 bits per heavy atom. The average Bonchev–Trinajstić information content (AvgIpc) is 3.12. The van der Waals surface area contributed by atoms with Gasteiger partial charge in [-0.3, -0.25) is 9.89 Å². The maximum Gasteiger partial charge on any atom is 0.339 e. The van der Waals surface area contributed by atoms with E-state index in [1.54, 1.807) is 32.3 Å². The maximum atomic E-state index is 12.6. The molecule has 0 saturated heterocycles. The van der Waals surface area contributed by atoms with Crippen LogP contribution < -0.4 is 0 Å². The standard InChI is InChI=1S/C16H15N3O4/c1-9-13(16(21)22)6-11(23-9)8-19(2)15(20)12-5-3-4-10-7-17-18-14(10)12/h3-7H,8H2,1-2H3,(H,17,18)(H,21,22). The lowest BCUT2D eigenvalue weighted by Crippen LogP contribution is -2.26. The summed E-state index contributed by atoms with van der Waals surface area (Å²) in [5.41, 5.74) is 1.28. The van der Waals surface area contributed by atoms with Gasteiger partial charge in [0.2, 0.25) is 0 Å². The van der Waals surface area contributed by atoms with Crippen LogP contribution in [0.1, 0.15) is 32.2 Å². The number of nitrogens with zero attached hydrogens (tertiary/aromatic N) is 2. The van der Waals surface area contributed by atoms with Gasteiger partial charge in [-0.15, -0.1) is 0 Å². The highest BCUT2D eigenvalue weighted by Crippen LogP contribution is 2.20. The summed E-state index contributed by atoms with van der Waals surface area (Å²) in [6.07, 6.45) is 1.65. The van der Waals surface area contributed by atoms with E-state index in [1.165, 1.54) is 11.0 Å². The van der Waals surface area contributed by atoms with Crippen molar-refractivity contribution in [3.05, 3.63) is 53.1 Å². The number of carbonyl (C=O) groups excluding carboxylic acids is 1. The first kappa shape index (κ1) is 14.8. The van der Waals surface area contributed by atoms with Crippen LogP contribution in [0.15, 0.2) is 34.9 Å². The lowest BCUT2D eigenvalue weighted by atomic mass is 10.1. The molecular weight excluding hydrogens is 298 g/mol. The van der Waals surface area contributed by atoms with Crippen LogP contribution in [0.4, 0.5) is 0 Å². The van der Waals surface area contributed by atoms with Crippen molar-refractivity contribution in [1.82, 2.24) is 15.1 Å². The Morgan fingerprint density at radius 2 is 2.13 bits per heavy atom. The van der Waals surface area contributed by atoms with Crippen LogP contribution in [0, 0.1) is 6.92 Å². The Morgan fingerprint density at radius 3 is 2.83 bits per heavy atom. The van der Waals surface area contributed by atoms with Crippen molar-refractivity contribution >= 4 is 22.8 Å². The summed E-state index contributed by atoms with van der Waals surface area (Å²) in [7, 11) is 1.63. The fourth-order valence-electron chi connectivity index (χ4n) is 2.49. The second-order valence-electron chi connectivity index (χ2n) is 5.29. The summed E-state index contributed by atoms with van der Waals surface area (Å²) in [5, 5.41) is 16.7. The lowest BCUT2D eigenvalue weighted by Gasteiger charge is -2.16. The third kappa shape index (κ3) is 2.68. The van der Waals surface area contributed by atoms with Crippen LogP contribution in [0.3, 0.4) is 0 Å². The van der Waals surface area contributed by atoms with E-state index in [9.17, 15) is 9.59 Å². The van der Waals surface area contributed by atoms with Gasteiger partial charge < -0.3 is 14.4 Å². The number of para-hydroxylation sites is 1. The number of aromatic amines is 1. The molecule has 0 radical (unpaired) electrons. The molecular formula is C16H15N3O4. The molecule has 118 valence electrons. The molecule has 2 N–H and O–H groups in total. The van der Waals surface area contributed by atoms with Crippen LogP contribution in [0.25, 0.3) is 10.9 Å². The fourth-order valence-corrected chi connectivity index (χ4v) is 2.49. The number of hydrogen-bond donors (Lipinski definition) is 2. The summed E-state index contributed by atoms with van der Waals surface area (Å²) < 4.78 is 5.41. The normalized spacial score (nSPS) is 10.9. The van der Waals surface area contributed by atoms with E-state index < -0.39 is 5.97 Å². The van der Waals surface area contributed by atoms with Crippen molar-refractivity contribution in [2.75, 3.05) is 7.05 Å². The van der Waals surface area contributed by atoms with Crippen LogP contribution >= 0.6 is 0 Å². The number of benzene rings is 1. The summed E-state index contributed by atoms with van der Waals surface area (Å²) >= 11 is 0. The van der Waals surface area contributed by atoms with Gasteiger partial charge in [0.05, 0.1) is 23.8 Å². The van der Waals surface area contributed by atoms with E-state index in [1.807, 2.05) is 6.07 Å². The highest BCUT2D eigenvalue weighted by Gasteiger charge is 2.19. The quantitative estimate of drug-likeness (QED) is 0.770. The molecule has 0 atom stereocenters. The van der Waals surface area contributed by atoms with Gasteiger partial charge in [0.15, 0.2) is 0 Å². The Kier molecular flexibility index (Phi) is 3.61. The molecule has 0 aliphatic rings. The minimum atomic E-state index is -1.05. The number of amides is 1. The van der Waals surface area contributed by atoms with Gasteiger partial charge in [0, 0.05) is 12.4 Å². The summed E-state index contributed by atoms with van der Waals surface area (Å²) in [5.74, 6) is -0.504. The predicted molar refractivity (Wildman–Crippen MR) is 82.3 cm³/mol. The molecule has 0 fully saturated rings. The zero-order chi connectivity index (χ0) is 16.6. The minimum Gasteiger partial charge on any atom is -0.478 e. The average molecular weight is 313 g/mol. The van der Waals surface area contributed by atoms with Crippen molar-refractivity contribution in [3.8, 4) is 0 Å². The van der Waals surface area contributed by atoms with Crippen LogP contribution in [0.5, 0.6) is 0 Å². The third-order valence-electron chi connectivity index (χ3n) is 3.65. The number of fused-ring (bicyclic) bond motifs is 1. The molecule has 0 saturated carbocycles. The van der Waals surface area contributed by atoms with Gasteiger partial charge in [0.1, 0.15) is 17.1 Å². The molecule has 0 aliphatic carbocycles. The summed E-state index contributed by atoms with van der Waals surface area (Å²) in [6.45, 7) is 1.76. The molecule has 3 rings (SSSR count). The van der Waals surface area contributed by atoms with Gasteiger partial charge in [0.25, 0.3) is 5.91 Å². The number of aryl methyl sites for hydroxylation is 1. The third-order valence-corrected chi connectivity index (χ3v) is 3.65. The first-order valence-electron chi connectivity index (χ1n) is 6.97. The van der Waals surface area contributed by atoms with Gasteiger partial charge in [-0.05, 0) is 19.1 Å². The predicted octanol–water partition coefficient (Wildman–Crippen LogP) is 2.43.